The molecule has 0 amide bonds. The minimum absolute atomic E-state index is 0.691. The number of halogens is 1. The number of rotatable bonds is 5. The molecule has 1 saturated carbocycles. The second-order valence-electron chi connectivity index (χ2n) is 6.41. The molecule has 1 aliphatic heterocycles. The van der Waals surface area contributed by atoms with Crippen LogP contribution < -0.4 is 5.32 Å². The average molecular weight is 293 g/mol. The van der Waals surface area contributed by atoms with E-state index >= 15 is 0 Å². The zero-order valence-corrected chi connectivity index (χ0v) is 12.9. The Morgan fingerprint density at radius 3 is 2.60 bits per heavy atom. The summed E-state index contributed by atoms with van der Waals surface area (Å²) in [6.07, 6.45) is 6.97. The second-order valence-corrected chi connectivity index (χ2v) is 6.84. The van der Waals surface area contributed by atoms with Crippen LogP contribution in [0, 0.1) is 5.92 Å². The van der Waals surface area contributed by atoms with Gasteiger partial charge < -0.3 is 5.32 Å². The quantitative estimate of drug-likeness (QED) is 0.890. The summed E-state index contributed by atoms with van der Waals surface area (Å²) in [5.41, 5.74) is 1.37. The van der Waals surface area contributed by atoms with Gasteiger partial charge in [-0.15, -0.1) is 0 Å². The highest BCUT2D eigenvalue weighted by Gasteiger charge is 2.22. The Bertz CT molecular complexity index is 414. The molecule has 110 valence electrons. The van der Waals surface area contributed by atoms with E-state index in [4.69, 9.17) is 11.6 Å². The molecule has 1 aromatic rings. The van der Waals surface area contributed by atoms with Crippen molar-refractivity contribution in [3.63, 3.8) is 0 Å². The molecule has 0 aromatic heterocycles. The molecule has 2 fully saturated rings. The highest BCUT2D eigenvalue weighted by atomic mass is 35.5. The predicted octanol–water partition coefficient (Wildman–Crippen LogP) is 3.69. The molecule has 3 rings (SSSR count). The van der Waals surface area contributed by atoms with Crippen LogP contribution >= 0.6 is 11.6 Å². The third-order valence-corrected chi connectivity index (χ3v) is 5.00. The number of nitrogens with zero attached hydrogens (tertiary/aromatic N) is 1. The van der Waals surface area contributed by atoms with Crippen molar-refractivity contribution in [2.24, 2.45) is 5.92 Å². The van der Waals surface area contributed by atoms with Crippen molar-refractivity contribution < 1.29 is 0 Å². The molecule has 2 aliphatic rings. The highest BCUT2D eigenvalue weighted by molar-refractivity contribution is 6.30. The van der Waals surface area contributed by atoms with Gasteiger partial charge in [-0.2, -0.15) is 0 Å². The van der Waals surface area contributed by atoms with Gasteiger partial charge in [0.15, 0.2) is 0 Å². The summed E-state index contributed by atoms with van der Waals surface area (Å²) in [7, 11) is 0. The Hall–Kier alpha value is -0.570. The van der Waals surface area contributed by atoms with Crippen LogP contribution in [0.5, 0.6) is 0 Å². The Kier molecular flexibility index (Phi) is 4.98. The van der Waals surface area contributed by atoms with Gasteiger partial charge in [-0.05, 0) is 62.4 Å². The summed E-state index contributed by atoms with van der Waals surface area (Å²) in [4.78, 5) is 2.57. The van der Waals surface area contributed by atoms with Gasteiger partial charge in [-0.25, -0.2) is 0 Å². The molecule has 0 bridgehead atoms. The summed E-state index contributed by atoms with van der Waals surface area (Å²) in [6, 6.07) is 8.97. The molecule has 0 radical (unpaired) electrons. The van der Waals surface area contributed by atoms with Crippen LogP contribution in [0.1, 0.15) is 37.7 Å². The van der Waals surface area contributed by atoms with Crippen molar-refractivity contribution in [3.8, 4) is 0 Å². The van der Waals surface area contributed by atoms with Gasteiger partial charge in [0.2, 0.25) is 0 Å². The van der Waals surface area contributed by atoms with E-state index in [0.29, 0.717) is 6.04 Å². The van der Waals surface area contributed by atoms with Crippen molar-refractivity contribution in [2.45, 2.75) is 44.7 Å². The smallest absolute Gasteiger partial charge is 0.0406 e. The summed E-state index contributed by atoms with van der Waals surface area (Å²) in [5.74, 6) is 0.960. The van der Waals surface area contributed by atoms with Gasteiger partial charge in [0.1, 0.15) is 0 Å². The monoisotopic (exact) mass is 292 g/mol. The van der Waals surface area contributed by atoms with E-state index in [1.165, 1.54) is 57.3 Å². The Morgan fingerprint density at radius 2 is 1.90 bits per heavy atom. The van der Waals surface area contributed by atoms with E-state index in [1.807, 2.05) is 12.1 Å². The third-order valence-electron chi connectivity index (χ3n) is 4.74. The maximum absolute atomic E-state index is 5.94. The molecule has 1 atom stereocenters. The van der Waals surface area contributed by atoms with E-state index in [0.717, 1.165) is 17.5 Å². The second kappa shape index (κ2) is 6.93. The molecule has 20 heavy (non-hydrogen) atoms. The lowest BCUT2D eigenvalue weighted by Gasteiger charge is -2.35. The van der Waals surface area contributed by atoms with Gasteiger partial charge in [0, 0.05) is 24.2 Å². The molecule has 1 aliphatic carbocycles. The van der Waals surface area contributed by atoms with Crippen molar-refractivity contribution in [3.05, 3.63) is 34.9 Å². The molecule has 1 aromatic carbocycles. The predicted molar refractivity (Wildman–Crippen MR) is 85.1 cm³/mol. The summed E-state index contributed by atoms with van der Waals surface area (Å²) in [6.45, 7) is 4.71. The van der Waals surface area contributed by atoms with E-state index in [9.17, 15) is 0 Å². The molecule has 1 saturated heterocycles. The summed E-state index contributed by atoms with van der Waals surface area (Å²) >= 11 is 5.94. The number of hydrogen-bond donors (Lipinski definition) is 1. The minimum atomic E-state index is 0.691. The lowest BCUT2D eigenvalue weighted by molar-refractivity contribution is 0.173. The zero-order chi connectivity index (χ0) is 13.8. The molecule has 1 N–H and O–H groups in total. The van der Waals surface area contributed by atoms with Crippen LogP contribution in [-0.2, 0) is 6.54 Å². The molecule has 1 unspecified atom stereocenters. The zero-order valence-electron chi connectivity index (χ0n) is 12.2. The van der Waals surface area contributed by atoms with Crippen molar-refractivity contribution >= 4 is 11.6 Å². The van der Waals surface area contributed by atoms with Gasteiger partial charge in [-0.1, -0.05) is 30.2 Å². The highest BCUT2D eigenvalue weighted by Crippen LogP contribution is 2.25. The first-order valence-corrected chi connectivity index (χ1v) is 8.37. The Morgan fingerprint density at radius 1 is 1.10 bits per heavy atom. The van der Waals surface area contributed by atoms with Gasteiger partial charge in [-0.3, -0.25) is 4.90 Å². The number of hydrogen-bond acceptors (Lipinski definition) is 2. The third kappa shape index (κ3) is 3.97. The van der Waals surface area contributed by atoms with Crippen LogP contribution in [0.4, 0.5) is 0 Å². The van der Waals surface area contributed by atoms with E-state index in [1.54, 1.807) is 0 Å². The normalized spacial score (nSPS) is 24.6. The largest absolute Gasteiger partial charge is 0.312 e. The standard InChI is InChI=1S/C17H25ClN2/c18-16-8-6-15(7-9-16)12-20-10-2-5-17(13-20)19-11-14-3-1-4-14/h6-9,14,17,19H,1-5,10-13H2. The molecule has 2 nitrogen and oxygen atoms in total. The SMILES string of the molecule is Clc1ccc(CN2CCCC(NCC3CCC3)C2)cc1. The maximum atomic E-state index is 5.94. The molecule has 0 spiro atoms. The van der Waals surface area contributed by atoms with Crippen molar-refractivity contribution in [1.82, 2.24) is 10.2 Å². The Balaban J connectivity index is 1.45. The Labute approximate surface area is 127 Å². The van der Waals surface area contributed by atoms with Crippen LogP contribution in [0.2, 0.25) is 5.02 Å². The van der Waals surface area contributed by atoms with Crippen LogP contribution in [0.15, 0.2) is 24.3 Å². The van der Waals surface area contributed by atoms with E-state index in [-0.39, 0.29) is 0 Å². The van der Waals surface area contributed by atoms with Crippen molar-refractivity contribution in [2.75, 3.05) is 19.6 Å². The van der Waals surface area contributed by atoms with Gasteiger partial charge in [0.25, 0.3) is 0 Å². The van der Waals surface area contributed by atoms with Crippen LogP contribution in [0.3, 0.4) is 0 Å². The molecule has 1 heterocycles. The average Bonchev–Trinajstić information content (AvgIpc) is 2.40. The first kappa shape index (κ1) is 14.4. The maximum Gasteiger partial charge on any atom is 0.0406 e. The van der Waals surface area contributed by atoms with E-state index in [2.05, 4.69) is 22.3 Å². The molecule has 3 heteroatoms. The number of piperidine rings is 1. The number of likely N-dealkylation sites (tertiary alicyclic amines) is 1. The van der Waals surface area contributed by atoms with Gasteiger partial charge >= 0.3 is 0 Å². The molecular weight excluding hydrogens is 268 g/mol. The first-order valence-electron chi connectivity index (χ1n) is 8.00. The summed E-state index contributed by atoms with van der Waals surface area (Å²) < 4.78 is 0. The lowest BCUT2D eigenvalue weighted by Crippen LogP contribution is -2.47. The molecular formula is C17H25ClN2. The lowest BCUT2D eigenvalue weighted by atomic mass is 9.85. The topological polar surface area (TPSA) is 15.3 Å². The fourth-order valence-electron chi connectivity index (χ4n) is 3.24. The van der Waals surface area contributed by atoms with Gasteiger partial charge in [0.05, 0.1) is 0 Å². The minimum Gasteiger partial charge on any atom is -0.312 e. The number of benzene rings is 1. The first-order chi connectivity index (χ1) is 9.79. The fourth-order valence-corrected chi connectivity index (χ4v) is 3.37. The fraction of sp³-hybridized carbons (Fsp3) is 0.647. The summed E-state index contributed by atoms with van der Waals surface area (Å²) in [5, 5.41) is 4.61. The van der Waals surface area contributed by atoms with Crippen molar-refractivity contribution in [1.29, 1.82) is 0 Å². The van der Waals surface area contributed by atoms with E-state index < -0.39 is 0 Å². The number of nitrogens with one attached hydrogen (secondary N) is 1. The van der Waals surface area contributed by atoms with Crippen LogP contribution in [0.25, 0.3) is 0 Å². The van der Waals surface area contributed by atoms with Crippen LogP contribution in [-0.4, -0.2) is 30.6 Å².